The minimum atomic E-state index is -3.52. The van der Waals surface area contributed by atoms with Crippen LogP contribution >= 0.6 is 0 Å². The number of carboxylic acids is 1. The molecular formula is C16H21NO5S. The Labute approximate surface area is 136 Å². The summed E-state index contributed by atoms with van der Waals surface area (Å²) in [4.78, 5) is 11.6. The number of hydrogen-bond donors (Lipinski definition) is 1. The first kappa shape index (κ1) is 16.3. The number of benzene rings is 1. The van der Waals surface area contributed by atoms with Crippen LogP contribution in [0.25, 0.3) is 0 Å². The van der Waals surface area contributed by atoms with Gasteiger partial charge in [0.15, 0.2) is 0 Å². The molecule has 0 radical (unpaired) electrons. The molecule has 0 amide bonds. The van der Waals surface area contributed by atoms with E-state index in [2.05, 4.69) is 0 Å². The number of sulfonamides is 1. The lowest BCUT2D eigenvalue weighted by atomic mass is 9.94. The van der Waals surface area contributed by atoms with E-state index in [9.17, 15) is 18.3 Å². The Kier molecular flexibility index (Phi) is 3.88. The minimum absolute atomic E-state index is 0.247. The molecule has 23 heavy (non-hydrogen) atoms. The summed E-state index contributed by atoms with van der Waals surface area (Å²) in [6.07, 6.45) is 1.59. The molecule has 1 heterocycles. The van der Waals surface area contributed by atoms with Crippen LogP contribution in [0.2, 0.25) is 0 Å². The average molecular weight is 339 g/mol. The number of hydrogen-bond acceptors (Lipinski definition) is 4. The highest BCUT2D eigenvalue weighted by Gasteiger charge is 2.57. The molecular weight excluding hydrogens is 318 g/mol. The maximum atomic E-state index is 12.9. The smallest absolute Gasteiger partial charge is 0.308 e. The molecule has 7 heteroatoms. The molecule has 3 rings (SSSR count). The molecule has 1 saturated carbocycles. The van der Waals surface area contributed by atoms with Gasteiger partial charge in [0.25, 0.3) is 0 Å². The van der Waals surface area contributed by atoms with Gasteiger partial charge in [-0.15, -0.1) is 0 Å². The lowest BCUT2D eigenvalue weighted by Crippen LogP contribution is -2.40. The number of carboxylic acid groups (broad SMARTS) is 1. The van der Waals surface area contributed by atoms with Gasteiger partial charge in [0, 0.05) is 6.54 Å². The van der Waals surface area contributed by atoms with Crippen LogP contribution in [0.15, 0.2) is 24.3 Å². The quantitative estimate of drug-likeness (QED) is 0.887. The summed E-state index contributed by atoms with van der Waals surface area (Å²) in [6, 6.07) is 6.34. The molecule has 1 aromatic carbocycles. The second-order valence-electron chi connectivity index (χ2n) is 6.52. The molecule has 2 aliphatic rings. The van der Waals surface area contributed by atoms with E-state index in [0.717, 1.165) is 0 Å². The zero-order valence-corrected chi connectivity index (χ0v) is 14.0. The fourth-order valence-electron chi connectivity index (χ4n) is 3.23. The predicted molar refractivity (Wildman–Crippen MR) is 84.7 cm³/mol. The Morgan fingerprint density at radius 2 is 2.09 bits per heavy atom. The summed E-state index contributed by atoms with van der Waals surface area (Å²) in [5.41, 5.74) is 0.669. The molecule has 0 aromatic heterocycles. The van der Waals surface area contributed by atoms with Gasteiger partial charge in [-0.05, 0) is 43.9 Å². The summed E-state index contributed by atoms with van der Waals surface area (Å²) in [5.74, 6) is -1.11. The average Bonchev–Trinajstić information content (AvgIpc) is 3.13. The SMILES string of the molecule is COc1cccc([C@@H]2[C@H](C(=O)O)CCN2S(=O)(=O)C2(C)CC2)c1. The van der Waals surface area contributed by atoms with Gasteiger partial charge in [-0.25, -0.2) is 8.42 Å². The van der Waals surface area contributed by atoms with Gasteiger partial charge >= 0.3 is 5.97 Å². The molecule has 1 N–H and O–H groups in total. The summed E-state index contributed by atoms with van der Waals surface area (Å²) < 4.78 is 31.7. The molecule has 2 atom stereocenters. The van der Waals surface area contributed by atoms with Crippen LogP contribution < -0.4 is 4.74 Å². The largest absolute Gasteiger partial charge is 0.497 e. The topological polar surface area (TPSA) is 83.9 Å². The van der Waals surface area contributed by atoms with E-state index in [0.29, 0.717) is 30.6 Å². The van der Waals surface area contributed by atoms with E-state index in [1.165, 1.54) is 11.4 Å². The fraction of sp³-hybridized carbons (Fsp3) is 0.562. The second kappa shape index (κ2) is 5.49. The van der Waals surface area contributed by atoms with Gasteiger partial charge < -0.3 is 9.84 Å². The Morgan fingerprint density at radius 1 is 1.39 bits per heavy atom. The van der Waals surface area contributed by atoms with E-state index < -0.39 is 32.7 Å². The fourth-order valence-corrected chi connectivity index (χ4v) is 5.33. The second-order valence-corrected chi connectivity index (χ2v) is 8.93. The van der Waals surface area contributed by atoms with Crippen molar-refractivity contribution >= 4 is 16.0 Å². The normalized spacial score (nSPS) is 26.9. The maximum absolute atomic E-state index is 12.9. The molecule has 1 aliphatic carbocycles. The van der Waals surface area contributed by atoms with E-state index in [4.69, 9.17) is 4.74 Å². The summed E-state index contributed by atoms with van der Waals surface area (Å²) in [6.45, 7) is 1.98. The van der Waals surface area contributed by atoms with Crippen LogP contribution in [0.1, 0.15) is 37.8 Å². The molecule has 2 fully saturated rings. The highest BCUT2D eigenvalue weighted by molar-refractivity contribution is 7.90. The van der Waals surface area contributed by atoms with Gasteiger partial charge in [-0.2, -0.15) is 4.31 Å². The highest BCUT2D eigenvalue weighted by Crippen LogP contribution is 2.50. The standard InChI is InChI=1S/C16H21NO5S/c1-16(7-8-16)23(20,21)17-9-6-13(15(18)19)14(17)11-4-3-5-12(10-11)22-2/h3-5,10,13-14H,6-9H2,1-2H3,(H,18,19)/t13-,14-/m1/s1. The number of methoxy groups -OCH3 is 1. The zero-order valence-electron chi connectivity index (χ0n) is 13.2. The molecule has 0 bridgehead atoms. The van der Waals surface area contributed by atoms with Crippen LogP contribution in [0.3, 0.4) is 0 Å². The van der Waals surface area contributed by atoms with E-state index >= 15 is 0 Å². The number of nitrogens with zero attached hydrogens (tertiary/aromatic N) is 1. The number of aliphatic carboxylic acids is 1. The third-order valence-electron chi connectivity index (χ3n) is 4.99. The first-order chi connectivity index (χ1) is 10.8. The predicted octanol–water partition coefficient (Wildman–Crippen LogP) is 2.03. The third-order valence-corrected chi connectivity index (χ3v) is 7.67. The zero-order chi connectivity index (χ0) is 16.8. The molecule has 1 aromatic rings. The molecule has 0 unspecified atom stereocenters. The summed E-state index contributed by atoms with van der Waals surface area (Å²) >= 11 is 0. The maximum Gasteiger partial charge on any atom is 0.308 e. The van der Waals surface area contributed by atoms with Gasteiger partial charge in [-0.3, -0.25) is 4.79 Å². The minimum Gasteiger partial charge on any atom is -0.497 e. The van der Waals surface area contributed by atoms with Crippen molar-refractivity contribution in [1.82, 2.24) is 4.31 Å². The Morgan fingerprint density at radius 3 is 2.65 bits per heavy atom. The summed E-state index contributed by atoms with van der Waals surface area (Å²) in [5, 5.41) is 9.52. The van der Waals surface area contributed by atoms with Crippen molar-refractivity contribution in [2.75, 3.05) is 13.7 Å². The molecule has 1 aliphatic heterocycles. The van der Waals surface area contributed by atoms with Crippen molar-refractivity contribution in [1.29, 1.82) is 0 Å². The van der Waals surface area contributed by atoms with Crippen molar-refractivity contribution in [3.8, 4) is 5.75 Å². The van der Waals surface area contributed by atoms with E-state index in [-0.39, 0.29) is 6.54 Å². The van der Waals surface area contributed by atoms with Crippen molar-refractivity contribution < 1.29 is 23.1 Å². The first-order valence-electron chi connectivity index (χ1n) is 7.68. The van der Waals surface area contributed by atoms with Gasteiger partial charge in [0.2, 0.25) is 10.0 Å². The van der Waals surface area contributed by atoms with E-state index in [1.54, 1.807) is 31.2 Å². The van der Waals surface area contributed by atoms with Crippen LogP contribution in [-0.4, -0.2) is 42.2 Å². The Balaban J connectivity index is 2.04. The Hall–Kier alpha value is -1.60. The van der Waals surface area contributed by atoms with Crippen molar-refractivity contribution in [3.05, 3.63) is 29.8 Å². The molecule has 0 spiro atoms. The van der Waals surface area contributed by atoms with Crippen LogP contribution in [0.4, 0.5) is 0 Å². The lowest BCUT2D eigenvalue weighted by Gasteiger charge is -2.29. The van der Waals surface area contributed by atoms with Crippen LogP contribution in [-0.2, 0) is 14.8 Å². The van der Waals surface area contributed by atoms with Crippen molar-refractivity contribution in [2.24, 2.45) is 5.92 Å². The Bertz CT molecular complexity index is 726. The van der Waals surface area contributed by atoms with Crippen molar-refractivity contribution in [3.63, 3.8) is 0 Å². The number of rotatable bonds is 5. The van der Waals surface area contributed by atoms with Crippen molar-refractivity contribution in [2.45, 2.75) is 37.0 Å². The van der Waals surface area contributed by atoms with Crippen LogP contribution in [0.5, 0.6) is 5.75 Å². The monoisotopic (exact) mass is 339 g/mol. The lowest BCUT2D eigenvalue weighted by molar-refractivity contribution is -0.142. The number of carbonyl (C=O) groups is 1. The van der Waals surface area contributed by atoms with Crippen LogP contribution in [0, 0.1) is 5.92 Å². The third kappa shape index (κ3) is 2.61. The van der Waals surface area contributed by atoms with E-state index in [1.807, 2.05) is 0 Å². The van der Waals surface area contributed by atoms with Gasteiger partial charge in [0.05, 0.1) is 23.8 Å². The first-order valence-corrected chi connectivity index (χ1v) is 9.12. The summed E-state index contributed by atoms with van der Waals surface area (Å²) in [7, 11) is -1.99. The number of ether oxygens (including phenoxy) is 1. The molecule has 6 nitrogen and oxygen atoms in total. The molecule has 126 valence electrons. The van der Waals surface area contributed by atoms with Gasteiger partial charge in [-0.1, -0.05) is 12.1 Å². The molecule has 1 saturated heterocycles. The van der Waals surface area contributed by atoms with Gasteiger partial charge in [0.1, 0.15) is 5.75 Å². The highest BCUT2D eigenvalue weighted by atomic mass is 32.2.